The molecule has 0 bridgehead atoms. The number of carbonyl (C=O) groups is 1. The van der Waals surface area contributed by atoms with E-state index >= 15 is 4.39 Å². The van der Waals surface area contributed by atoms with Gasteiger partial charge in [0.25, 0.3) is 5.69 Å². The standard InChI is InChI=1S/C27H19FN2O3.C26H20ClN3O4.C25H20ClFN2O4/c1-16-7-12-20(13-21(16)27(31)32)33-25-15-24-23(29-25)14-22(28)26(30-24)19-10-8-18(9-11-19)17-5-3-2-4-6-17;1-28-23-22-18(29-26(23)34-20-13-33-24-19(31)12-32-25(20)24)11-17(27)21(30-22)16-9-7-15(8-10-16)14-5-3-2-4-6-14;26-16-10-17-22(20(27)25(28-17)33-19-12-32-23-18(30)11-31-24(19)23)29-21(16)15-8-6-14(7-9-15)13-4-2-1-3-5-13/h2-15,29H,1H3,(H,31,32);2-11,19-20,24-25,29,31H,12-13H2;1-10,18-19,23-24,28,30H,11-12H2/t;19-,20-,24-,25-;18-,19-,23-,24-/m.11/s1. The van der Waals surface area contributed by atoms with Crippen molar-refractivity contribution in [1.29, 1.82) is 0 Å². The number of aromatic carboxylic acids is 1. The van der Waals surface area contributed by atoms with Gasteiger partial charge in [-0.1, -0.05) is 193 Å². The number of pyridine rings is 3. The van der Waals surface area contributed by atoms with Gasteiger partial charge in [-0.05, 0) is 70.1 Å². The van der Waals surface area contributed by atoms with Gasteiger partial charge in [-0.2, -0.15) is 4.39 Å². The van der Waals surface area contributed by atoms with E-state index in [0.29, 0.717) is 77.7 Å². The van der Waals surface area contributed by atoms with Crippen molar-refractivity contribution >= 4 is 68.0 Å². The van der Waals surface area contributed by atoms with E-state index in [1.807, 2.05) is 152 Å². The first-order valence-corrected chi connectivity index (χ1v) is 32.8. The van der Waals surface area contributed by atoms with Crippen molar-refractivity contribution in [2.24, 2.45) is 0 Å². The second-order valence-corrected chi connectivity index (χ2v) is 25.2. The molecule has 10 heterocycles. The van der Waals surface area contributed by atoms with E-state index in [-0.39, 0.29) is 60.9 Å². The third-order valence-corrected chi connectivity index (χ3v) is 18.5. The number of aromatic amines is 3. The number of aromatic nitrogens is 6. The van der Waals surface area contributed by atoms with Gasteiger partial charge in [-0.3, -0.25) is 4.98 Å². The first-order chi connectivity index (χ1) is 48.7. The Kier molecular flexibility index (Phi) is 18.1. The number of aryl methyl sites for hydroxylation is 1. The molecule has 22 heteroatoms. The molecule has 100 heavy (non-hydrogen) atoms. The molecule has 7 aromatic carbocycles. The number of aliphatic hydroxyl groups is 2. The van der Waals surface area contributed by atoms with Crippen LogP contribution >= 0.6 is 23.2 Å². The number of rotatable bonds is 13. The number of benzene rings is 7. The lowest BCUT2D eigenvalue weighted by Crippen LogP contribution is -2.34. The molecule has 4 saturated heterocycles. The predicted octanol–water partition coefficient (Wildman–Crippen LogP) is 16.4. The summed E-state index contributed by atoms with van der Waals surface area (Å²) in [6, 6.07) is 64.8. The maximum atomic E-state index is 15.2. The number of fused-ring (bicyclic) bond motifs is 5. The van der Waals surface area contributed by atoms with E-state index in [4.69, 9.17) is 67.9 Å². The quantitative estimate of drug-likeness (QED) is 0.0590. The molecular formula is C78H59Cl2F2N7O11. The molecule has 0 amide bonds. The Labute approximate surface area is 580 Å². The van der Waals surface area contributed by atoms with Crippen molar-refractivity contribution in [3.63, 3.8) is 0 Å². The van der Waals surface area contributed by atoms with Crippen LogP contribution in [0.2, 0.25) is 10.0 Å². The number of carboxylic acid groups (broad SMARTS) is 1. The van der Waals surface area contributed by atoms with E-state index in [2.05, 4.69) is 41.9 Å². The summed E-state index contributed by atoms with van der Waals surface area (Å²) < 4.78 is 70.1. The molecule has 6 aromatic heterocycles. The molecule has 17 rings (SSSR count). The number of hydrogen-bond acceptors (Lipinski definition) is 13. The first-order valence-electron chi connectivity index (χ1n) is 32.0. The monoisotopic (exact) mass is 1380 g/mol. The normalized spacial score (nSPS) is 19.7. The van der Waals surface area contributed by atoms with E-state index in [9.17, 15) is 24.5 Å². The van der Waals surface area contributed by atoms with Gasteiger partial charge >= 0.3 is 5.97 Å². The molecule has 13 aromatic rings. The van der Waals surface area contributed by atoms with E-state index in [0.717, 1.165) is 44.5 Å². The van der Waals surface area contributed by atoms with Gasteiger partial charge in [0.05, 0.1) is 87.6 Å². The molecule has 0 spiro atoms. The minimum Gasteiger partial charge on any atom is -0.479 e. The van der Waals surface area contributed by atoms with Crippen LogP contribution in [0.3, 0.4) is 0 Å². The minimum absolute atomic E-state index is 0.0515. The Morgan fingerprint density at radius 2 is 0.950 bits per heavy atom. The third-order valence-electron chi connectivity index (χ3n) is 17.9. The lowest BCUT2D eigenvalue weighted by Gasteiger charge is -2.17. The number of carboxylic acids is 1. The van der Waals surface area contributed by atoms with Crippen molar-refractivity contribution in [2.45, 2.75) is 55.8 Å². The zero-order valence-corrected chi connectivity index (χ0v) is 54.5. The number of hydrogen-bond donors (Lipinski definition) is 6. The largest absolute Gasteiger partial charge is 0.479 e. The van der Waals surface area contributed by atoms with Crippen molar-refractivity contribution in [3.05, 3.63) is 250 Å². The third kappa shape index (κ3) is 13.1. The molecule has 0 aliphatic carbocycles. The molecule has 6 N–H and O–H groups in total. The molecule has 0 radical (unpaired) electrons. The highest BCUT2D eigenvalue weighted by atomic mass is 35.5. The maximum Gasteiger partial charge on any atom is 0.336 e. The average molecular weight is 1380 g/mol. The molecule has 500 valence electrons. The minimum atomic E-state index is -1.03. The smallest absolute Gasteiger partial charge is 0.336 e. The Morgan fingerprint density at radius 3 is 1.45 bits per heavy atom. The number of ether oxygens (including phenoxy) is 7. The number of aliphatic hydroxyl groups excluding tert-OH is 2. The summed E-state index contributed by atoms with van der Waals surface area (Å²) in [6.45, 7) is 10.3. The van der Waals surface area contributed by atoms with Crippen LogP contribution in [0.1, 0.15) is 15.9 Å². The summed E-state index contributed by atoms with van der Waals surface area (Å²) in [5.41, 5.74) is 13.9. The lowest BCUT2D eigenvalue weighted by atomic mass is 10.0. The predicted molar refractivity (Wildman–Crippen MR) is 375 cm³/mol. The summed E-state index contributed by atoms with van der Waals surface area (Å²) in [5, 5.41) is 30.0. The summed E-state index contributed by atoms with van der Waals surface area (Å²) in [5.74, 6) is -1.14. The molecular weight excluding hydrogens is 1320 g/mol. The van der Waals surface area contributed by atoms with Crippen LogP contribution < -0.4 is 14.2 Å². The fourth-order valence-corrected chi connectivity index (χ4v) is 13.3. The van der Waals surface area contributed by atoms with Gasteiger partial charge < -0.3 is 63.4 Å². The molecule has 18 nitrogen and oxygen atoms in total. The summed E-state index contributed by atoms with van der Waals surface area (Å²) in [4.78, 5) is 37.8. The molecule has 4 aliphatic heterocycles. The summed E-state index contributed by atoms with van der Waals surface area (Å²) in [7, 11) is 0. The Balaban J connectivity index is 0.000000122. The molecule has 0 unspecified atom stereocenters. The Hall–Kier alpha value is -10.8. The second-order valence-electron chi connectivity index (χ2n) is 24.4. The maximum absolute atomic E-state index is 15.2. The topological polar surface area (TPSA) is 233 Å². The van der Waals surface area contributed by atoms with Crippen LogP contribution in [0.15, 0.2) is 206 Å². The first kappa shape index (κ1) is 65.1. The highest BCUT2D eigenvalue weighted by Crippen LogP contribution is 2.43. The summed E-state index contributed by atoms with van der Waals surface area (Å²) >= 11 is 13.1. The van der Waals surface area contributed by atoms with Gasteiger partial charge in [0.2, 0.25) is 11.7 Å². The second kappa shape index (κ2) is 27.8. The van der Waals surface area contributed by atoms with Crippen molar-refractivity contribution in [1.82, 2.24) is 29.9 Å². The molecule has 8 atom stereocenters. The van der Waals surface area contributed by atoms with Crippen LogP contribution in [-0.4, -0.2) is 126 Å². The van der Waals surface area contributed by atoms with Crippen LogP contribution in [0.4, 0.5) is 14.5 Å². The van der Waals surface area contributed by atoms with Crippen LogP contribution in [0, 0.1) is 25.1 Å². The zero-order chi connectivity index (χ0) is 68.7. The molecule has 0 saturated carbocycles. The number of halogens is 4. The molecule has 4 aliphatic rings. The van der Waals surface area contributed by atoms with Crippen LogP contribution in [-0.2, 0) is 18.9 Å². The van der Waals surface area contributed by atoms with Crippen molar-refractivity contribution in [2.75, 3.05) is 26.4 Å². The SMILES string of the molecule is Cc1ccc(Oc2cc3nc(-c4ccc(-c5ccccc5)cc4)c(F)cc3[nH]2)cc1C(=O)O.O[C@@H]1CO[C@H]2[C@@H]1OC[C@H]2Oc1[nH]c2cc(Cl)c(-c3ccc(-c4ccccc4)cc3)nc2c1F.[C-]#[N+]c1c(O[C@@H]2CO[C@H]3[C@@H]2OC[C@H]3O)[nH]c2cc(Cl)c(-c3ccc(-c4ccccc4)cc3)nc12. The van der Waals surface area contributed by atoms with E-state index in [1.165, 1.54) is 12.1 Å². The van der Waals surface area contributed by atoms with Gasteiger partial charge in [0, 0.05) is 28.8 Å². The van der Waals surface area contributed by atoms with Crippen LogP contribution in [0.5, 0.6) is 23.4 Å². The number of nitrogens with one attached hydrogen (secondary N) is 3. The highest BCUT2D eigenvalue weighted by molar-refractivity contribution is 6.34. The van der Waals surface area contributed by atoms with Gasteiger partial charge in [0.15, 0.2) is 29.8 Å². The summed E-state index contributed by atoms with van der Waals surface area (Å²) in [6.07, 6.45) is -4.03. The fraction of sp³-hybridized carbons (Fsp3) is 0.167. The molecule has 4 fully saturated rings. The van der Waals surface area contributed by atoms with E-state index < -0.39 is 60.3 Å². The number of H-pyrrole nitrogens is 3. The Morgan fingerprint density at radius 1 is 0.510 bits per heavy atom. The zero-order valence-electron chi connectivity index (χ0n) is 53.0. The van der Waals surface area contributed by atoms with Crippen molar-refractivity contribution < 1.29 is 62.1 Å². The van der Waals surface area contributed by atoms with Crippen molar-refractivity contribution in [3.8, 4) is 90.5 Å². The average Bonchev–Trinajstić information content (AvgIpc) is 1.61. The number of nitrogens with zero attached hydrogens (tertiary/aromatic N) is 4. The van der Waals surface area contributed by atoms with Gasteiger partial charge in [0.1, 0.15) is 53.6 Å². The lowest BCUT2D eigenvalue weighted by molar-refractivity contribution is 0.00723. The van der Waals surface area contributed by atoms with Crippen LogP contribution in [0.25, 0.3) is 105 Å². The fourth-order valence-electron chi connectivity index (χ4n) is 12.8. The van der Waals surface area contributed by atoms with E-state index in [1.54, 1.807) is 37.3 Å². The van der Waals surface area contributed by atoms with Gasteiger partial charge in [-0.25, -0.2) is 24.0 Å². The highest BCUT2D eigenvalue weighted by Gasteiger charge is 2.50. The van der Waals surface area contributed by atoms with Gasteiger partial charge in [-0.15, -0.1) is 0 Å². The Bertz CT molecular complexity index is 5220.